The molecule has 1 saturated heterocycles. The summed E-state index contributed by atoms with van der Waals surface area (Å²) >= 11 is 14.8. The summed E-state index contributed by atoms with van der Waals surface area (Å²) in [7, 11) is 3.91. The van der Waals surface area contributed by atoms with Crippen LogP contribution in [-0.2, 0) is 13.5 Å². The molecule has 1 aliphatic carbocycles. The average Bonchev–Trinajstić information content (AvgIpc) is 3.56. The van der Waals surface area contributed by atoms with Crippen molar-refractivity contribution >= 4 is 58.1 Å². The third-order valence-corrected chi connectivity index (χ3v) is 10.1. The van der Waals surface area contributed by atoms with E-state index in [4.69, 9.17) is 27.9 Å². The summed E-state index contributed by atoms with van der Waals surface area (Å²) in [5, 5.41) is 3.48. The second kappa shape index (κ2) is 14.7. The zero-order valence-corrected chi connectivity index (χ0v) is 28.1. The highest BCUT2D eigenvalue weighted by molar-refractivity contribution is 7.07. The molecule has 0 spiro atoms. The van der Waals surface area contributed by atoms with Gasteiger partial charge in [0, 0.05) is 49.2 Å². The van der Waals surface area contributed by atoms with Gasteiger partial charge in [-0.2, -0.15) is 0 Å². The molecule has 1 aromatic heterocycles. The molecule has 0 radical (unpaired) electrons. The molecule has 0 saturated carbocycles. The molecule has 9 heteroatoms. The number of hydrogen-bond donors (Lipinski definition) is 0. The van der Waals surface area contributed by atoms with Crippen LogP contribution < -0.4 is 9.54 Å². The first-order valence-corrected chi connectivity index (χ1v) is 16.5. The normalized spacial score (nSPS) is 17.4. The van der Waals surface area contributed by atoms with Gasteiger partial charge in [0.15, 0.2) is 4.80 Å². The summed E-state index contributed by atoms with van der Waals surface area (Å²) < 4.78 is 21.1. The lowest BCUT2D eigenvalue weighted by molar-refractivity contribution is 0.198. The van der Waals surface area contributed by atoms with Gasteiger partial charge in [0.25, 0.3) is 0 Å². The number of hydrogen-bond acceptors (Lipinski definition) is 4. The number of benzene rings is 3. The fraction of sp³-hybridized carbons (Fsp3) is 0.343. The number of rotatable bonds is 8. The van der Waals surface area contributed by atoms with Crippen LogP contribution >= 0.6 is 46.9 Å². The summed E-state index contributed by atoms with van der Waals surface area (Å²) in [5.74, 6) is 0.860. The SMILES string of the molecule is C/N=c1\scc(-c2ccc3c(c2)CCCC(c2ccc(Cl)cc2Cl)=C3c2ccc(OC3CCN(CCCF)C3)cc2)n1C.Cl. The van der Waals surface area contributed by atoms with Crippen molar-refractivity contribution in [3.05, 3.63) is 103 Å². The first-order valence-electron chi connectivity index (χ1n) is 14.9. The van der Waals surface area contributed by atoms with Crippen molar-refractivity contribution in [2.24, 2.45) is 12.0 Å². The van der Waals surface area contributed by atoms with Crippen molar-refractivity contribution in [2.45, 2.75) is 38.2 Å². The monoisotopic (exact) mass is 671 g/mol. The number of thiazole rings is 1. The maximum absolute atomic E-state index is 12.6. The number of fused-ring (bicyclic) bond motifs is 1. The molecule has 1 atom stereocenters. The van der Waals surface area contributed by atoms with Crippen molar-refractivity contribution in [3.63, 3.8) is 0 Å². The lowest BCUT2D eigenvalue weighted by Crippen LogP contribution is -2.26. The number of aromatic nitrogens is 1. The van der Waals surface area contributed by atoms with Gasteiger partial charge in [-0.25, -0.2) is 0 Å². The van der Waals surface area contributed by atoms with Crippen LogP contribution in [0.1, 0.15) is 47.9 Å². The number of ether oxygens (including phenoxy) is 1. The Morgan fingerprint density at radius 2 is 1.77 bits per heavy atom. The third kappa shape index (κ3) is 6.95. The molecule has 2 heterocycles. The van der Waals surface area contributed by atoms with E-state index in [1.54, 1.807) is 11.3 Å². The summed E-state index contributed by atoms with van der Waals surface area (Å²) in [6, 6.07) is 21.1. The number of halogens is 4. The minimum atomic E-state index is -0.268. The van der Waals surface area contributed by atoms with Crippen LogP contribution in [0.25, 0.3) is 22.4 Å². The Bertz CT molecular complexity index is 1710. The maximum atomic E-state index is 12.6. The van der Waals surface area contributed by atoms with E-state index >= 15 is 0 Å². The fourth-order valence-corrected chi connectivity index (χ4v) is 7.78. The van der Waals surface area contributed by atoms with Crippen molar-refractivity contribution in [1.82, 2.24) is 9.47 Å². The van der Waals surface area contributed by atoms with E-state index < -0.39 is 0 Å². The van der Waals surface area contributed by atoms with Crippen molar-refractivity contribution in [3.8, 4) is 17.0 Å². The predicted octanol–water partition coefficient (Wildman–Crippen LogP) is 9.12. The molecule has 4 aromatic rings. The molecule has 0 bridgehead atoms. The molecule has 1 fully saturated rings. The number of aryl methyl sites for hydroxylation is 1. The lowest BCUT2D eigenvalue weighted by Gasteiger charge is -2.19. The van der Waals surface area contributed by atoms with Crippen LogP contribution in [-0.4, -0.2) is 48.9 Å². The Kier molecular flexibility index (Phi) is 10.9. The highest BCUT2D eigenvalue weighted by Crippen LogP contribution is 2.43. The lowest BCUT2D eigenvalue weighted by atomic mass is 9.87. The third-order valence-electron chi connectivity index (χ3n) is 8.50. The van der Waals surface area contributed by atoms with Gasteiger partial charge in [0.1, 0.15) is 11.9 Å². The summed E-state index contributed by atoms with van der Waals surface area (Å²) in [6.45, 7) is 2.32. The molecule has 3 aromatic carbocycles. The van der Waals surface area contributed by atoms with Crippen LogP contribution in [0.15, 0.2) is 71.0 Å². The van der Waals surface area contributed by atoms with E-state index in [0.29, 0.717) is 16.5 Å². The minimum absolute atomic E-state index is 0. The fourth-order valence-electron chi connectivity index (χ4n) is 6.39. The van der Waals surface area contributed by atoms with Crippen LogP contribution in [0, 0.1) is 0 Å². The molecule has 1 unspecified atom stereocenters. The Morgan fingerprint density at radius 3 is 2.50 bits per heavy atom. The zero-order valence-electron chi connectivity index (χ0n) is 25.0. The smallest absolute Gasteiger partial charge is 0.184 e. The predicted molar refractivity (Wildman–Crippen MR) is 185 cm³/mol. The quantitative estimate of drug-likeness (QED) is 0.187. The standard InChI is InChI=1S/C35H36Cl2FN3OS.ClH/c1-39-35-40(2)33(22-43-35)25-9-13-29-24(19-25)5-3-6-31(30-14-10-26(36)20-32(30)37)34(29)23-7-11-27(12-8-23)42-28-15-18-41(21-28)17-4-16-38;/h7-14,19-20,22,28H,3-6,15-18,21H2,1-2H3;1H/b39-35-;. The molecule has 232 valence electrons. The van der Waals surface area contributed by atoms with E-state index in [0.717, 1.165) is 67.0 Å². The average molecular weight is 673 g/mol. The van der Waals surface area contributed by atoms with Gasteiger partial charge in [-0.1, -0.05) is 53.5 Å². The van der Waals surface area contributed by atoms with Gasteiger partial charge in [-0.3, -0.25) is 14.3 Å². The molecule has 0 amide bonds. The van der Waals surface area contributed by atoms with Gasteiger partial charge in [-0.05, 0) is 101 Å². The second-order valence-electron chi connectivity index (χ2n) is 11.3. The van der Waals surface area contributed by atoms with E-state index in [9.17, 15) is 4.39 Å². The molecule has 0 N–H and O–H groups in total. The van der Waals surface area contributed by atoms with E-state index in [1.165, 1.54) is 33.5 Å². The topological polar surface area (TPSA) is 29.8 Å². The highest BCUT2D eigenvalue weighted by Gasteiger charge is 2.25. The molecule has 2 aliphatic rings. The number of alkyl halides is 1. The Morgan fingerprint density at radius 1 is 1.00 bits per heavy atom. The highest BCUT2D eigenvalue weighted by atomic mass is 35.5. The van der Waals surface area contributed by atoms with Gasteiger partial charge in [-0.15, -0.1) is 23.7 Å². The van der Waals surface area contributed by atoms with Crippen molar-refractivity contribution in [2.75, 3.05) is 33.4 Å². The van der Waals surface area contributed by atoms with Gasteiger partial charge >= 0.3 is 0 Å². The Balaban J connectivity index is 0.00000384. The molecular weight excluding hydrogens is 636 g/mol. The van der Waals surface area contributed by atoms with Crippen LogP contribution in [0.3, 0.4) is 0 Å². The molecule has 1 aliphatic heterocycles. The molecule has 4 nitrogen and oxygen atoms in total. The first kappa shape index (κ1) is 32.8. The van der Waals surface area contributed by atoms with E-state index in [1.807, 2.05) is 25.2 Å². The Hall–Kier alpha value is -2.61. The van der Waals surface area contributed by atoms with Crippen LogP contribution in [0.5, 0.6) is 5.75 Å². The van der Waals surface area contributed by atoms with Crippen LogP contribution in [0.2, 0.25) is 10.0 Å². The summed E-state index contributed by atoms with van der Waals surface area (Å²) in [6.07, 6.45) is 4.57. The van der Waals surface area contributed by atoms with Crippen molar-refractivity contribution in [1.29, 1.82) is 0 Å². The second-order valence-corrected chi connectivity index (χ2v) is 13.0. The van der Waals surface area contributed by atoms with Gasteiger partial charge in [0.2, 0.25) is 0 Å². The maximum Gasteiger partial charge on any atom is 0.184 e. The van der Waals surface area contributed by atoms with Crippen LogP contribution in [0.4, 0.5) is 4.39 Å². The van der Waals surface area contributed by atoms with Gasteiger partial charge < -0.3 is 9.30 Å². The molecule has 6 rings (SSSR count). The summed E-state index contributed by atoms with van der Waals surface area (Å²) in [5.41, 5.74) is 9.51. The zero-order chi connectivity index (χ0) is 29.9. The van der Waals surface area contributed by atoms with E-state index in [2.05, 4.69) is 69.4 Å². The van der Waals surface area contributed by atoms with Gasteiger partial charge in [0.05, 0.1) is 12.4 Å². The largest absolute Gasteiger partial charge is 0.489 e. The summed E-state index contributed by atoms with van der Waals surface area (Å²) in [4.78, 5) is 7.69. The minimum Gasteiger partial charge on any atom is -0.489 e. The van der Waals surface area contributed by atoms with E-state index in [-0.39, 0.29) is 25.2 Å². The number of likely N-dealkylation sites (tertiary alicyclic amines) is 1. The molecule has 44 heavy (non-hydrogen) atoms. The first-order chi connectivity index (χ1) is 20.9. The molecular formula is C35H37Cl3FN3OS. The Labute approximate surface area is 279 Å². The number of nitrogens with zero attached hydrogens (tertiary/aromatic N) is 3. The number of allylic oxidation sites excluding steroid dienone is 1. The van der Waals surface area contributed by atoms with Crippen molar-refractivity contribution < 1.29 is 9.13 Å².